The molecule has 1 aliphatic rings. The van der Waals surface area contributed by atoms with E-state index < -0.39 is 5.60 Å². The van der Waals surface area contributed by atoms with E-state index in [1.54, 1.807) is 19.1 Å². The molecule has 1 aliphatic carbocycles. The molecule has 1 aromatic rings. The van der Waals surface area contributed by atoms with E-state index in [2.05, 4.69) is 0 Å². The molecule has 1 aromatic carbocycles. The van der Waals surface area contributed by atoms with Gasteiger partial charge in [0.25, 0.3) is 0 Å². The van der Waals surface area contributed by atoms with Crippen molar-refractivity contribution in [1.29, 1.82) is 0 Å². The Morgan fingerprint density at radius 3 is 2.73 bits per heavy atom. The molecule has 1 unspecified atom stereocenters. The van der Waals surface area contributed by atoms with Gasteiger partial charge in [-0.05, 0) is 32.3 Å². The fourth-order valence-corrected chi connectivity index (χ4v) is 2.05. The van der Waals surface area contributed by atoms with Crippen LogP contribution in [0.15, 0.2) is 18.2 Å². The fraction of sp³-hybridized carbons (Fsp3) is 0.538. The minimum Gasteiger partial charge on any atom is -0.385 e. The van der Waals surface area contributed by atoms with Crippen LogP contribution in [0.2, 0.25) is 0 Å². The van der Waals surface area contributed by atoms with Gasteiger partial charge < -0.3 is 5.11 Å². The lowest BCUT2D eigenvalue weighted by Gasteiger charge is -2.24. The smallest absolute Gasteiger partial charge is 0.129 e. The maximum atomic E-state index is 13.6. The molecule has 0 spiro atoms. The Kier molecular flexibility index (Phi) is 2.55. The van der Waals surface area contributed by atoms with Crippen LogP contribution in [0.1, 0.15) is 37.3 Å². The number of halogens is 1. The first-order valence-electron chi connectivity index (χ1n) is 5.48. The van der Waals surface area contributed by atoms with Crippen LogP contribution < -0.4 is 0 Å². The molecular weight excluding hydrogens is 191 g/mol. The summed E-state index contributed by atoms with van der Waals surface area (Å²) in [6.45, 7) is 3.62. The molecule has 82 valence electrons. The van der Waals surface area contributed by atoms with E-state index in [4.69, 9.17) is 0 Å². The maximum absolute atomic E-state index is 13.6. The Balaban J connectivity index is 2.28. The number of rotatable bonds is 3. The van der Waals surface area contributed by atoms with Crippen LogP contribution in [0.25, 0.3) is 0 Å². The van der Waals surface area contributed by atoms with E-state index in [9.17, 15) is 9.50 Å². The molecule has 1 atom stereocenters. The zero-order valence-corrected chi connectivity index (χ0v) is 9.26. The second kappa shape index (κ2) is 3.60. The van der Waals surface area contributed by atoms with Crippen molar-refractivity contribution in [1.82, 2.24) is 0 Å². The van der Waals surface area contributed by atoms with E-state index in [-0.39, 0.29) is 5.82 Å². The zero-order valence-electron chi connectivity index (χ0n) is 9.26. The van der Waals surface area contributed by atoms with Gasteiger partial charge >= 0.3 is 0 Å². The summed E-state index contributed by atoms with van der Waals surface area (Å²) < 4.78 is 13.6. The second-order valence-corrected chi connectivity index (χ2v) is 4.90. The Bertz CT molecular complexity index is 367. The van der Waals surface area contributed by atoms with Crippen LogP contribution in [0, 0.1) is 18.7 Å². The molecule has 0 radical (unpaired) electrons. The molecule has 1 N–H and O–H groups in total. The summed E-state index contributed by atoms with van der Waals surface area (Å²) in [4.78, 5) is 0. The lowest BCUT2D eigenvalue weighted by Crippen LogP contribution is -2.23. The summed E-state index contributed by atoms with van der Waals surface area (Å²) >= 11 is 0. The molecule has 0 aromatic heterocycles. The Labute approximate surface area is 89.9 Å². The van der Waals surface area contributed by atoms with Gasteiger partial charge in [0.1, 0.15) is 5.82 Å². The van der Waals surface area contributed by atoms with Gasteiger partial charge in [-0.3, -0.25) is 0 Å². The SMILES string of the molecule is Cc1ccc(F)c(C(C)(O)CC2CC2)c1. The number of hydrogen-bond acceptors (Lipinski definition) is 1. The van der Waals surface area contributed by atoms with E-state index in [1.807, 2.05) is 6.92 Å². The van der Waals surface area contributed by atoms with Crippen molar-refractivity contribution in [2.45, 2.75) is 38.7 Å². The molecule has 0 aliphatic heterocycles. The van der Waals surface area contributed by atoms with Crippen molar-refractivity contribution < 1.29 is 9.50 Å². The van der Waals surface area contributed by atoms with Crippen molar-refractivity contribution in [2.24, 2.45) is 5.92 Å². The van der Waals surface area contributed by atoms with Crippen molar-refractivity contribution in [2.75, 3.05) is 0 Å². The van der Waals surface area contributed by atoms with Crippen LogP contribution in [0.4, 0.5) is 4.39 Å². The van der Waals surface area contributed by atoms with Crippen LogP contribution in [0.5, 0.6) is 0 Å². The molecule has 0 bridgehead atoms. The minimum atomic E-state index is -1.02. The predicted molar refractivity (Wildman–Crippen MR) is 58.0 cm³/mol. The maximum Gasteiger partial charge on any atom is 0.129 e. The molecule has 0 heterocycles. The first kappa shape index (κ1) is 10.6. The van der Waals surface area contributed by atoms with Gasteiger partial charge in [0.15, 0.2) is 0 Å². The van der Waals surface area contributed by atoms with Gasteiger partial charge in [0.2, 0.25) is 0 Å². The highest BCUT2D eigenvalue weighted by Gasteiger charge is 2.34. The van der Waals surface area contributed by atoms with Gasteiger partial charge in [-0.1, -0.05) is 30.5 Å². The van der Waals surface area contributed by atoms with Gasteiger partial charge in [-0.15, -0.1) is 0 Å². The molecule has 2 heteroatoms. The number of aryl methyl sites for hydroxylation is 1. The molecule has 1 nitrogen and oxygen atoms in total. The summed E-state index contributed by atoms with van der Waals surface area (Å²) in [7, 11) is 0. The standard InChI is InChI=1S/C13H17FO/c1-9-3-6-12(14)11(7-9)13(2,15)8-10-4-5-10/h3,6-7,10,15H,4-5,8H2,1-2H3. The van der Waals surface area contributed by atoms with E-state index >= 15 is 0 Å². The highest BCUT2D eigenvalue weighted by Crippen LogP contribution is 2.41. The van der Waals surface area contributed by atoms with E-state index in [1.165, 1.54) is 18.9 Å². The zero-order chi connectivity index (χ0) is 11.1. The Morgan fingerprint density at radius 1 is 1.47 bits per heavy atom. The molecule has 2 rings (SSSR count). The van der Waals surface area contributed by atoms with Gasteiger partial charge in [-0.2, -0.15) is 0 Å². The van der Waals surface area contributed by atoms with Crippen LogP contribution in [0.3, 0.4) is 0 Å². The van der Waals surface area contributed by atoms with Crippen molar-refractivity contribution in [3.63, 3.8) is 0 Å². The quantitative estimate of drug-likeness (QED) is 0.809. The molecule has 1 fully saturated rings. The third-order valence-electron chi connectivity index (χ3n) is 3.09. The van der Waals surface area contributed by atoms with Crippen molar-refractivity contribution in [3.8, 4) is 0 Å². The molecule has 15 heavy (non-hydrogen) atoms. The summed E-state index contributed by atoms with van der Waals surface area (Å²) in [5, 5.41) is 10.3. The summed E-state index contributed by atoms with van der Waals surface area (Å²) in [5.74, 6) is 0.283. The molecule has 1 saturated carbocycles. The normalized spacial score (nSPS) is 20.0. The van der Waals surface area contributed by atoms with Gasteiger partial charge in [0, 0.05) is 5.56 Å². The Morgan fingerprint density at radius 2 is 2.13 bits per heavy atom. The van der Waals surface area contributed by atoms with Crippen LogP contribution in [-0.4, -0.2) is 5.11 Å². The third kappa shape index (κ3) is 2.37. The summed E-state index contributed by atoms with van der Waals surface area (Å²) in [5.41, 5.74) is 0.411. The first-order valence-corrected chi connectivity index (χ1v) is 5.48. The number of aliphatic hydroxyl groups is 1. The average Bonchev–Trinajstić information content (AvgIpc) is 2.92. The largest absolute Gasteiger partial charge is 0.385 e. The lowest BCUT2D eigenvalue weighted by atomic mass is 9.89. The third-order valence-corrected chi connectivity index (χ3v) is 3.09. The van der Waals surface area contributed by atoms with Gasteiger partial charge in [0.05, 0.1) is 5.60 Å². The van der Waals surface area contributed by atoms with Crippen LogP contribution in [-0.2, 0) is 5.60 Å². The fourth-order valence-electron chi connectivity index (χ4n) is 2.05. The van der Waals surface area contributed by atoms with Crippen molar-refractivity contribution >= 4 is 0 Å². The second-order valence-electron chi connectivity index (χ2n) is 4.90. The highest BCUT2D eigenvalue weighted by atomic mass is 19.1. The first-order chi connectivity index (χ1) is 6.99. The monoisotopic (exact) mass is 208 g/mol. The lowest BCUT2D eigenvalue weighted by molar-refractivity contribution is 0.0381. The topological polar surface area (TPSA) is 20.2 Å². The van der Waals surface area contributed by atoms with E-state index in [0.717, 1.165) is 5.56 Å². The summed E-state index contributed by atoms with van der Waals surface area (Å²) in [6, 6.07) is 4.91. The summed E-state index contributed by atoms with van der Waals surface area (Å²) in [6.07, 6.45) is 3.01. The van der Waals surface area contributed by atoms with E-state index in [0.29, 0.717) is 17.9 Å². The molecule has 0 amide bonds. The molecule has 0 saturated heterocycles. The number of hydrogen-bond donors (Lipinski definition) is 1. The molecular formula is C13H17FO. The van der Waals surface area contributed by atoms with Gasteiger partial charge in [-0.25, -0.2) is 4.39 Å². The minimum absolute atomic E-state index is 0.300. The highest BCUT2D eigenvalue weighted by molar-refractivity contribution is 5.28. The average molecular weight is 208 g/mol. The van der Waals surface area contributed by atoms with Crippen molar-refractivity contribution in [3.05, 3.63) is 35.1 Å². The Hall–Kier alpha value is -0.890. The van der Waals surface area contributed by atoms with Crippen LogP contribution >= 0.6 is 0 Å². The predicted octanol–water partition coefficient (Wildman–Crippen LogP) is 3.14. The number of benzene rings is 1.